The first-order valence-electron chi connectivity index (χ1n) is 2.15. The van der Waals surface area contributed by atoms with Crippen LogP contribution in [-0.4, -0.2) is 14.1 Å². The Morgan fingerprint density at radius 3 is 0.667 bits per heavy atom. The highest BCUT2D eigenvalue weighted by molar-refractivity contribution is 3.54. The highest BCUT2D eigenvalue weighted by Gasteiger charge is 0.932. The fraction of sp³-hybridized carbons (Fsp3) is 1.00. The van der Waals surface area contributed by atoms with Crippen LogP contribution in [0.2, 0.25) is 0 Å². The molecule has 0 aromatic carbocycles. The molecule has 0 saturated heterocycles. The third-order valence-corrected chi connectivity index (χ3v) is 0. The first kappa shape index (κ1) is 16.8. The van der Waals surface area contributed by atoms with Gasteiger partial charge in [-0.2, -0.15) is 0 Å². The van der Waals surface area contributed by atoms with Gasteiger partial charge in [0.05, 0.1) is 0 Å². The van der Waals surface area contributed by atoms with Gasteiger partial charge in [-0.15, -0.1) is 0 Å². The monoisotopic (exact) mass is 92.1 g/mol. The van der Waals surface area contributed by atoms with E-state index in [1.807, 2.05) is 13.8 Å². The lowest BCUT2D eigenvalue weighted by Gasteiger charge is -1.19. The van der Waals surface area contributed by atoms with Gasteiger partial charge in [-0.25, -0.2) is 0 Å². The van der Waals surface area contributed by atoms with Crippen LogP contribution in [0.1, 0.15) is 13.8 Å². The van der Waals surface area contributed by atoms with E-state index in [1.165, 1.54) is 14.1 Å². The van der Waals surface area contributed by atoms with Crippen molar-refractivity contribution in [1.29, 1.82) is 0 Å². The maximum Gasteiger partial charge on any atom is -0.0195 e. The highest BCUT2D eigenvalue weighted by atomic mass is 14.4. The topological polar surface area (TPSA) is 52.0 Å². The minimum atomic E-state index is 1.50. The van der Waals surface area contributed by atoms with E-state index in [0.29, 0.717) is 0 Å². The molecule has 4 N–H and O–H groups in total. The van der Waals surface area contributed by atoms with E-state index >= 15 is 0 Å². The number of hydrogen-bond acceptors (Lipinski definition) is 2. The largest absolute Gasteiger partial charge is 0.333 e. The highest BCUT2D eigenvalue weighted by Crippen LogP contribution is 1.14. The second-order valence-corrected chi connectivity index (χ2v) is 0. The second kappa shape index (κ2) is 11800. The van der Waals surface area contributed by atoms with Gasteiger partial charge in [-0.05, 0) is 14.1 Å². The Balaban J connectivity index is -0.0000000225. The molecule has 0 aliphatic rings. The van der Waals surface area contributed by atoms with Crippen molar-refractivity contribution in [3.05, 3.63) is 0 Å². The third kappa shape index (κ3) is 5220. The summed E-state index contributed by atoms with van der Waals surface area (Å²) in [5, 5.41) is 0. The van der Waals surface area contributed by atoms with E-state index < -0.39 is 0 Å². The summed E-state index contributed by atoms with van der Waals surface area (Å²) in [5.74, 6) is 0. The molecule has 0 fully saturated rings. The van der Waals surface area contributed by atoms with Crippen molar-refractivity contribution in [2.45, 2.75) is 13.8 Å². The molecule has 0 unspecified atom stereocenters. The van der Waals surface area contributed by atoms with Gasteiger partial charge < -0.3 is 11.5 Å². The van der Waals surface area contributed by atoms with Gasteiger partial charge in [0.15, 0.2) is 0 Å². The standard InChI is InChI=1S/C2H6.2CH5N/c3*1-2/h1-2H3;2*2H2,1H3. The van der Waals surface area contributed by atoms with E-state index in [0.717, 1.165) is 0 Å². The molecule has 0 atom stereocenters. The zero-order valence-electron chi connectivity index (χ0n) is 5.15. The van der Waals surface area contributed by atoms with Crippen LogP contribution in [-0.2, 0) is 0 Å². The Morgan fingerprint density at radius 1 is 0.667 bits per heavy atom. The number of rotatable bonds is 0. The number of hydrogen-bond donors (Lipinski definition) is 2. The smallest absolute Gasteiger partial charge is 0.0195 e. The summed E-state index contributed by atoms with van der Waals surface area (Å²) in [7, 11) is 3.00. The molecule has 0 rings (SSSR count). The van der Waals surface area contributed by atoms with Gasteiger partial charge in [0.2, 0.25) is 0 Å². The van der Waals surface area contributed by atoms with E-state index in [2.05, 4.69) is 11.5 Å². The maximum atomic E-state index is 4.50. The Hall–Kier alpha value is -0.0800. The first-order valence-corrected chi connectivity index (χ1v) is 2.15. The minimum Gasteiger partial charge on any atom is -0.333 e. The fourth-order valence-electron chi connectivity index (χ4n) is 0. The van der Waals surface area contributed by atoms with Crippen LogP contribution in [0.3, 0.4) is 0 Å². The minimum absolute atomic E-state index is 1.50. The molecule has 0 saturated carbocycles. The summed E-state index contributed by atoms with van der Waals surface area (Å²) in [4.78, 5) is 0. The summed E-state index contributed by atoms with van der Waals surface area (Å²) in [5.41, 5.74) is 9.00. The molecule has 0 aliphatic heterocycles. The number of nitrogens with two attached hydrogens (primary N) is 2. The summed E-state index contributed by atoms with van der Waals surface area (Å²) in [6.07, 6.45) is 0. The summed E-state index contributed by atoms with van der Waals surface area (Å²) < 4.78 is 0. The lowest BCUT2D eigenvalue weighted by atomic mass is 11.0. The molecule has 0 bridgehead atoms. The SMILES string of the molecule is CC.CN.CN. The molecule has 0 radical (unpaired) electrons. The Bertz CT molecular complexity index is 5.51. The van der Waals surface area contributed by atoms with Crippen LogP contribution >= 0.6 is 0 Å². The summed E-state index contributed by atoms with van der Waals surface area (Å²) >= 11 is 0. The molecule has 0 aromatic rings. The predicted molar refractivity (Wildman–Crippen MR) is 31.6 cm³/mol. The van der Waals surface area contributed by atoms with E-state index in [4.69, 9.17) is 0 Å². The van der Waals surface area contributed by atoms with Crippen molar-refractivity contribution in [2.24, 2.45) is 11.5 Å². The van der Waals surface area contributed by atoms with Gasteiger partial charge >= 0.3 is 0 Å². The van der Waals surface area contributed by atoms with Crippen LogP contribution in [0.15, 0.2) is 0 Å². The molecule has 6 heavy (non-hydrogen) atoms. The second-order valence-electron chi connectivity index (χ2n) is 0. The quantitative estimate of drug-likeness (QED) is 0.447. The van der Waals surface area contributed by atoms with E-state index in [9.17, 15) is 0 Å². The molecule has 2 heteroatoms. The maximum absolute atomic E-state index is 4.50. The zero-order valence-corrected chi connectivity index (χ0v) is 5.15. The predicted octanol–water partition coefficient (Wildman–Crippen LogP) is 0.176. The van der Waals surface area contributed by atoms with Crippen molar-refractivity contribution < 1.29 is 0 Å². The molecule has 42 valence electrons. The lowest BCUT2D eigenvalue weighted by molar-refractivity contribution is 1.48. The third-order valence-electron chi connectivity index (χ3n) is 0. The van der Waals surface area contributed by atoms with Crippen molar-refractivity contribution in [3.63, 3.8) is 0 Å². The average molecular weight is 92.2 g/mol. The Kier molecular flexibility index (Phi) is 33100. The van der Waals surface area contributed by atoms with Crippen LogP contribution in [0, 0.1) is 0 Å². The van der Waals surface area contributed by atoms with Crippen LogP contribution < -0.4 is 11.5 Å². The van der Waals surface area contributed by atoms with Crippen molar-refractivity contribution >= 4 is 0 Å². The van der Waals surface area contributed by atoms with E-state index in [-0.39, 0.29) is 0 Å². The van der Waals surface area contributed by atoms with Crippen molar-refractivity contribution in [2.75, 3.05) is 14.1 Å². The van der Waals surface area contributed by atoms with E-state index in [1.54, 1.807) is 0 Å². The first-order chi connectivity index (χ1) is 3.00. The molecule has 2 nitrogen and oxygen atoms in total. The molecule has 0 aliphatic carbocycles. The molecule has 0 amide bonds. The molecule has 0 heterocycles. The van der Waals surface area contributed by atoms with Gasteiger partial charge in [-0.3, -0.25) is 0 Å². The average Bonchev–Trinajstić information content (AvgIpc) is 1.81. The van der Waals surface area contributed by atoms with Crippen molar-refractivity contribution in [1.82, 2.24) is 0 Å². The van der Waals surface area contributed by atoms with Crippen LogP contribution in [0.25, 0.3) is 0 Å². The van der Waals surface area contributed by atoms with Gasteiger partial charge in [-0.1, -0.05) is 13.8 Å². The van der Waals surface area contributed by atoms with Gasteiger partial charge in [0.1, 0.15) is 0 Å². The van der Waals surface area contributed by atoms with Crippen LogP contribution in [0.5, 0.6) is 0 Å². The van der Waals surface area contributed by atoms with Gasteiger partial charge in [0, 0.05) is 0 Å². The molecular weight excluding hydrogens is 76.1 g/mol. The summed E-state index contributed by atoms with van der Waals surface area (Å²) in [6.45, 7) is 4.00. The lowest BCUT2D eigenvalue weighted by Crippen LogP contribution is -1.69. The Labute approximate surface area is 40.5 Å². The molecular formula is C4H16N2. The summed E-state index contributed by atoms with van der Waals surface area (Å²) in [6, 6.07) is 0. The Morgan fingerprint density at radius 2 is 0.667 bits per heavy atom. The van der Waals surface area contributed by atoms with Crippen molar-refractivity contribution in [3.8, 4) is 0 Å². The van der Waals surface area contributed by atoms with Crippen LogP contribution in [0.4, 0.5) is 0 Å². The zero-order chi connectivity index (χ0) is 6.00. The molecule has 0 spiro atoms. The fourth-order valence-corrected chi connectivity index (χ4v) is 0. The molecule has 0 aromatic heterocycles. The normalized spacial score (nSPS) is 3.00. The van der Waals surface area contributed by atoms with Gasteiger partial charge in [0.25, 0.3) is 0 Å².